The summed E-state index contributed by atoms with van der Waals surface area (Å²) in [6.45, 7) is 0.653. The lowest BCUT2D eigenvalue weighted by Crippen LogP contribution is -2.34. The molecule has 1 aliphatic rings. The molecule has 2 heterocycles. The Morgan fingerprint density at radius 1 is 1.28 bits per heavy atom. The predicted molar refractivity (Wildman–Crippen MR) is 91.2 cm³/mol. The number of nitrogens with zero attached hydrogens (tertiary/aromatic N) is 3. The summed E-state index contributed by atoms with van der Waals surface area (Å²) in [4.78, 5) is 25.4. The second-order valence-corrected chi connectivity index (χ2v) is 5.73. The Bertz CT molecular complexity index is 778. The molecule has 0 bridgehead atoms. The van der Waals surface area contributed by atoms with Crippen LogP contribution in [0.3, 0.4) is 0 Å². The third kappa shape index (κ3) is 3.68. The number of anilines is 1. The highest BCUT2D eigenvalue weighted by atomic mass is 16.5. The average molecular weight is 341 g/mol. The van der Waals surface area contributed by atoms with Crippen molar-refractivity contribution < 1.29 is 14.3 Å². The van der Waals surface area contributed by atoms with Crippen LogP contribution in [0.15, 0.2) is 36.4 Å². The number of ether oxygens (including phenoxy) is 1. The van der Waals surface area contributed by atoms with Crippen LogP contribution >= 0.6 is 0 Å². The van der Waals surface area contributed by atoms with Gasteiger partial charge in [-0.3, -0.25) is 10.1 Å². The number of carbonyl (C=O) groups is 2. The number of carbonyl (C=O) groups excluding carboxylic acids is 2. The number of likely N-dealkylation sites (tertiary alicyclic amines) is 1. The van der Waals surface area contributed by atoms with Crippen LogP contribution in [-0.4, -0.2) is 40.7 Å². The number of hydrogen-bond donors (Lipinski definition) is 2. The lowest BCUT2D eigenvalue weighted by molar-refractivity contribution is 0.0994. The maximum atomic E-state index is 12.6. The Morgan fingerprint density at radius 3 is 2.80 bits per heavy atom. The summed E-state index contributed by atoms with van der Waals surface area (Å²) < 4.78 is 5.26. The van der Waals surface area contributed by atoms with E-state index in [0.717, 1.165) is 24.2 Å². The molecule has 1 atom stereocenters. The molecule has 1 saturated heterocycles. The minimum absolute atomic E-state index is 0.0204. The third-order valence-corrected chi connectivity index (χ3v) is 4.14. The number of nitrogens with two attached hydrogens (primary N) is 1. The molecule has 3 amide bonds. The van der Waals surface area contributed by atoms with Gasteiger partial charge >= 0.3 is 6.03 Å². The van der Waals surface area contributed by atoms with Crippen LogP contribution in [-0.2, 0) is 0 Å². The number of methoxy groups -OCH3 is 1. The first-order valence-electron chi connectivity index (χ1n) is 7.93. The van der Waals surface area contributed by atoms with Gasteiger partial charge in [0, 0.05) is 6.54 Å². The van der Waals surface area contributed by atoms with E-state index in [1.54, 1.807) is 12.0 Å². The van der Waals surface area contributed by atoms with Gasteiger partial charge in [-0.2, -0.15) is 0 Å². The normalized spacial score (nSPS) is 16.5. The van der Waals surface area contributed by atoms with Crippen LogP contribution in [0.2, 0.25) is 0 Å². The highest BCUT2D eigenvalue weighted by Gasteiger charge is 2.30. The molecule has 8 nitrogen and oxygen atoms in total. The molecule has 1 fully saturated rings. The zero-order chi connectivity index (χ0) is 17.8. The fourth-order valence-corrected chi connectivity index (χ4v) is 2.92. The summed E-state index contributed by atoms with van der Waals surface area (Å²) >= 11 is 0. The van der Waals surface area contributed by atoms with Gasteiger partial charge in [0.05, 0.1) is 13.2 Å². The van der Waals surface area contributed by atoms with Crippen molar-refractivity contribution in [3.8, 4) is 5.75 Å². The van der Waals surface area contributed by atoms with Crippen molar-refractivity contribution in [2.24, 2.45) is 5.73 Å². The van der Waals surface area contributed by atoms with Gasteiger partial charge in [-0.25, -0.2) is 4.79 Å². The van der Waals surface area contributed by atoms with Crippen molar-refractivity contribution in [2.45, 2.75) is 18.9 Å². The topological polar surface area (TPSA) is 110 Å². The second kappa shape index (κ2) is 7.16. The molecule has 2 aromatic rings. The highest BCUT2D eigenvalue weighted by molar-refractivity contribution is 5.91. The number of benzene rings is 1. The molecule has 1 aromatic heterocycles. The van der Waals surface area contributed by atoms with Crippen molar-refractivity contribution >= 4 is 17.8 Å². The first-order chi connectivity index (χ1) is 12.1. The summed E-state index contributed by atoms with van der Waals surface area (Å²) in [6, 6.07) is 10.4. The molecule has 3 rings (SSSR count). The number of rotatable bonds is 4. The molecule has 0 spiro atoms. The van der Waals surface area contributed by atoms with E-state index < -0.39 is 5.91 Å². The largest absolute Gasteiger partial charge is 0.497 e. The van der Waals surface area contributed by atoms with E-state index in [2.05, 4.69) is 15.5 Å². The van der Waals surface area contributed by atoms with Crippen LogP contribution in [0.5, 0.6) is 5.75 Å². The Labute approximate surface area is 145 Å². The lowest BCUT2D eigenvalue weighted by atomic mass is 10.0. The molecular formula is C17H19N5O3. The smallest absolute Gasteiger partial charge is 0.323 e. The zero-order valence-electron chi connectivity index (χ0n) is 13.8. The van der Waals surface area contributed by atoms with Crippen LogP contribution in [0.1, 0.15) is 34.9 Å². The second-order valence-electron chi connectivity index (χ2n) is 5.73. The fraction of sp³-hybridized carbons (Fsp3) is 0.294. The van der Waals surface area contributed by atoms with Crippen LogP contribution in [0.4, 0.5) is 10.6 Å². The number of aromatic nitrogens is 2. The molecule has 0 radical (unpaired) electrons. The van der Waals surface area contributed by atoms with Crippen molar-refractivity contribution in [3.63, 3.8) is 0 Å². The van der Waals surface area contributed by atoms with Gasteiger partial charge in [-0.15, -0.1) is 10.2 Å². The van der Waals surface area contributed by atoms with Gasteiger partial charge in [-0.05, 0) is 42.7 Å². The van der Waals surface area contributed by atoms with Gasteiger partial charge < -0.3 is 15.4 Å². The van der Waals surface area contributed by atoms with Crippen molar-refractivity contribution in [3.05, 3.63) is 47.7 Å². The fourth-order valence-electron chi connectivity index (χ4n) is 2.92. The number of nitrogens with one attached hydrogen (secondary N) is 1. The van der Waals surface area contributed by atoms with Crippen molar-refractivity contribution in [2.75, 3.05) is 19.0 Å². The monoisotopic (exact) mass is 341 g/mol. The minimum atomic E-state index is -0.664. The van der Waals surface area contributed by atoms with E-state index in [1.807, 2.05) is 24.3 Å². The first-order valence-corrected chi connectivity index (χ1v) is 7.93. The minimum Gasteiger partial charge on any atom is -0.497 e. The Morgan fingerprint density at radius 2 is 2.12 bits per heavy atom. The molecule has 8 heteroatoms. The summed E-state index contributed by atoms with van der Waals surface area (Å²) in [5.41, 5.74) is 6.20. The summed E-state index contributed by atoms with van der Waals surface area (Å²) in [5, 5.41) is 10.2. The molecule has 0 aliphatic carbocycles. The molecule has 25 heavy (non-hydrogen) atoms. The summed E-state index contributed by atoms with van der Waals surface area (Å²) in [5.74, 6) is 0.368. The van der Waals surface area contributed by atoms with E-state index in [0.29, 0.717) is 6.54 Å². The van der Waals surface area contributed by atoms with E-state index in [9.17, 15) is 9.59 Å². The predicted octanol–water partition coefficient (Wildman–Crippen LogP) is 1.95. The Hall–Kier alpha value is -3.16. The quantitative estimate of drug-likeness (QED) is 0.883. The summed E-state index contributed by atoms with van der Waals surface area (Å²) in [6.07, 6.45) is 1.80. The zero-order valence-corrected chi connectivity index (χ0v) is 13.8. The third-order valence-electron chi connectivity index (χ3n) is 4.14. The molecule has 130 valence electrons. The maximum absolute atomic E-state index is 12.6. The molecule has 1 unspecified atom stereocenters. The van der Waals surface area contributed by atoms with Crippen LogP contribution in [0.25, 0.3) is 0 Å². The maximum Gasteiger partial charge on any atom is 0.323 e. The van der Waals surface area contributed by atoms with Crippen LogP contribution < -0.4 is 15.8 Å². The van der Waals surface area contributed by atoms with Crippen molar-refractivity contribution in [1.29, 1.82) is 0 Å². The number of urea groups is 1. The molecule has 1 aliphatic heterocycles. The van der Waals surface area contributed by atoms with Gasteiger partial charge in [-0.1, -0.05) is 12.1 Å². The molecule has 1 aromatic carbocycles. The van der Waals surface area contributed by atoms with Crippen LogP contribution in [0, 0.1) is 0 Å². The van der Waals surface area contributed by atoms with Gasteiger partial charge in [0.2, 0.25) is 0 Å². The Balaban J connectivity index is 1.73. The highest BCUT2D eigenvalue weighted by Crippen LogP contribution is 2.33. The molecular weight excluding hydrogens is 322 g/mol. The van der Waals surface area contributed by atoms with Gasteiger partial charge in [0.25, 0.3) is 5.91 Å². The first kappa shape index (κ1) is 16.7. The SMILES string of the molecule is COc1cccc(C2CCCN2C(=O)Nc2ccc(C(N)=O)nn2)c1. The average Bonchev–Trinajstić information content (AvgIpc) is 3.12. The number of hydrogen-bond acceptors (Lipinski definition) is 5. The summed E-state index contributed by atoms with van der Waals surface area (Å²) in [7, 11) is 1.62. The number of amides is 3. The van der Waals surface area contributed by atoms with E-state index in [1.165, 1.54) is 12.1 Å². The Kier molecular flexibility index (Phi) is 4.78. The molecule has 0 saturated carbocycles. The number of primary amides is 1. The van der Waals surface area contributed by atoms with E-state index in [-0.39, 0.29) is 23.6 Å². The van der Waals surface area contributed by atoms with Gasteiger partial charge in [0.1, 0.15) is 5.75 Å². The lowest BCUT2D eigenvalue weighted by Gasteiger charge is -2.25. The van der Waals surface area contributed by atoms with E-state index in [4.69, 9.17) is 10.5 Å². The molecule has 3 N–H and O–H groups in total. The van der Waals surface area contributed by atoms with Gasteiger partial charge in [0.15, 0.2) is 11.5 Å². The van der Waals surface area contributed by atoms with Crippen molar-refractivity contribution in [1.82, 2.24) is 15.1 Å². The van der Waals surface area contributed by atoms with E-state index >= 15 is 0 Å². The standard InChI is InChI=1S/C17H19N5O3/c1-25-12-5-2-4-11(10-12)14-6-3-9-22(14)17(24)19-15-8-7-13(16(18)23)20-21-15/h2,4-5,7-8,10,14H,3,6,9H2,1H3,(H2,18,23)(H,19,21,24).